The molecule has 1 N–H and O–H groups in total. The number of aryl methyl sites for hydroxylation is 2. The predicted octanol–water partition coefficient (Wildman–Crippen LogP) is 1.52. The van der Waals surface area contributed by atoms with Crippen LogP contribution in [0.3, 0.4) is 0 Å². The molecular formula is C10H13N5. The van der Waals surface area contributed by atoms with Gasteiger partial charge in [-0.2, -0.15) is 5.10 Å². The van der Waals surface area contributed by atoms with E-state index in [0.717, 1.165) is 17.8 Å². The summed E-state index contributed by atoms with van der Waals surface area (Å²) in [5, 5.41) is 7.46. The van der Waals surface area contributed by atoms with Crippen LogP contribution < -0.4 is 5.32 Å². The molecule has 2 rings (SSSR count). The summed E-state index contributed by atoms with van der Waals surface area (Å²) in [6.45, 7) is 2.07. The van der Waals surface area contributed by atoms with Crippen molar-refractivity contribution in [1.82, 2.24) is 19.7 Å². The Morgan fingerprint density at radius 2 is 2.07 bits per heavy atom. The summed E-state index contributed by atoms with van der Waals surface area (Å²) in [5.41, 5.74) is 1.98. The fourth-order valence-electron chi connectivity index (χ4n) is 1.38. The highest BCUT2D eigenvalue weighted by Crippen LogP contribution is 2.16. The highest BCUT2D eigenvalue weighted by molar-refractivity contribution is 5.54. The van der Waals surface area contributed by atoms with Gasteiger partial charge < -0.3 is 5.32 Å². The molecule has 0 aromatic carbocycles. The van der Waals surface area contributed by atoms with E-state index < -0.39 is 0 Å². The van der Waals surface area contributed by atoms with Crippen molar-refractivity contribution in [2.75, 3.05) is 5.32 Å². The smallest absolute Gasteiger partial charge is 0.227 e. The Morgan fingerprint density at radius 1 is 1.33 bits per heavy atom. The van der Waals surface area contributed by atoms with Gasteiger partial charge in [-0.15, -0.1) is 0 Å². The minimum absolute atomic E-state index is 0.597. The number of nitrogens with zero attached hydrogens (tertiary/aromatic N) is 4. The Hall–Kier alpha value is -1.91. The van der Waals surface area contributed by atoms with Crippen molar-refractivity contribution in [2.45, 2.75) is 13.3 Å². The molecule has 0 saturated heterocycles. The average molecular weight is 203 g/mol. The molecule has 0 amide bonds. The molecule has 0 saturated carbocycles. The Labute approximate surface area is 88.2 Å². The van der Waals surface area contributed by atoms with Crippen LogP contribution in [-0.4, -0.2) is 19.7 Å². The van der Waals surface area contributed by atoms with Crippen molar-refractivity contribution in [3.8, 4) is 0 Å². The Bertz CT molecular complexity index is 434. The van der Waals surface area contributed by atoms with Gasteiger partial charge in [0.05, 0.1) is 11.4 Å². The van der Waals surface area contributed by atoms with Crippen LogP contribution in [0.5, 0.6) is 0 Å². The number of nitrogens with one attached hydrogen (secondary N) is 1. The van der Waals surface area contributed by atoms with E-state index in [-0.39, 0.29) is 0 Å². The van der Waals surface area contributed by atoms with Gasteiger partial charge in [-0.25, -0.2) is 9.97 Å². The molecule has 2 aromatic rings. The first-order valence-electron chi connectivity index (χ1n) is 4.86. The molecule has 0 aliphatic heterocycles. The maximum Gasteiger partial charge on any atom is 0.227 e. The predicted molar refractivity (Wildman–Crippen MR) is 57.9 cm³/mol. The normalized spacial score (nSPS) is 10.3. The Balaban J connectivity index is 2.24. The molecule has 0 atom stereocenters. The molecule has 0 aliphatic rings. The fraction of sp³-hybridized carbons (Fsp3) is 0.300. The van der Waals surface area contributed by atoms with Crippen molar-refractivity contribution in [2.24, 2.45) is 7.05 Å². The summed E-state index contributed by atoms with van der Waals surface area (Å²) >= 11 is 0. The van der Waals surface area contributed by atoms with Crippen molar-refractivity contribution in [3.05, 3.63) is 30.4 Å². The molecule has 15 heavy (non-hydrogen) atoms. The first-order chi connectivity index (χ1) is 7.29. The van der Waals surface area contributed by atoms with Gasteiger partial charge in [-0.05, 0) is 12.5 Å². The van der Waals surface area contributed by atoms with Gasteiger partial charge in [-0.1, -0.05) is 6.92 Å². The zero-order valence-corrected chi connectivity index (χ0v) is 8.81. The van der Waals surface area contributed by atoms with E-state index in [1.165, 1.54) is 0 Å². The van der Waals surface area contributed by atoms with Crippen molar-refractivity contribution >= 4 is 11.6 Å². The van der Waals surface area contributed by atoms with Crippen LogP contribution in [-0.2, 0) is 13.5 Å². The third kappa shape index (κ3) is 2.12. The molecule has 5 heteroatoms. The summed E-state index contributed by atoms with van der Waals surface area (Å²) in [6.07, 6.45) is 6.22. The minimum atomic E-state index is 0.597. The number of anilines is 2. The molecule has 0 radical (unpaired) electrons. The highest BCUT2D eigenvalue weighted by Gasteiger charge is 2.06. The quantitative estimate of drug-likeness (QED) is 0.821. The van der Waals surface area contributed by atoms with Crippen LogP contribution in [0, 0.1) is 0 Å². The molecule has 2 heterocycles. The van der Waals surface area contributed by atoms with Gasteiger partial charge in [0.2, 0.25) is 5.95 Å². The molecule has 0 bridgehead atoms. The number of hydrogen-bond donors (Lipinski definition) is 1. The second-order valence-electron chi connectivity index (χ2n) is 3.21. The molecule has 2 aromatic heterocycles. The van der Waals surface area contributed by atoms with Gasteiger partial charge in [0.15, 0.2) is 0 Å². The third-order valence-corrected chi connectivity index (χ3v) is 2.05. The van der Waals surface area contributed by atoms with Crippen molar-refractivity contribution in [1.29, 1.82) is 0 Å². The van der Waals surface area contributed by atoms with E-state index in [1.807, 2.05) is 13.2 Å². The zero-order valence-electron chi connectivity index (χ0n) is 8.81. The van der Waals surface area contributed by atoms with E-state index in [9.17, 15) is 0 Å². The maximum atomic E-state index is 4.32. The zero-order chi connectivity index (χ0) is 10.7. The minimum Gasteiger partial charge on any atom is -0.321 e. The van der Waals surface area contributed by atoms with E-state index in [2.05, 4.69) is 27.3 Å². The maximum absolute atomic E-state index is 4.32. The molecular weight excluding hydrogens is 190 g/mol. The monoisotopic (exact) mass is 203 g/mol. The largest absolute Gasteiger partial charge is 0.321 e. The average Bonchev–Trinajstić information content (AvgIpc) is 2.60. The van der Waals surface area contributed by atoms with Crippen LogP contribution in [0.1, 0.15) is 12.6 Å². The molecule has 78 valence electrons. The van der Waals surface area contributed by atoms with Crippen molar-refractivity contribution in [3.63, 3.8) is 0 Å². The van der Waals surface area contributed by atoms with Crippen LogP contribution in [0.2, 0.25) is 0 Å². The van der Waals surface area contributed by atoms with Gasteiger partial charge in [-0.3, -0.25) is 4.68 Å². The van der Waals surface area contributed by atoms with E-state index in [1.54, 1.807) is 23.1 Å². The molecule has 0 spiro atoms. The second kappa shape index (κ2) is 4.08. The Morgan fingerprint density at radius 3 is 2.73 bits per heavy atom. The third-order valence-electron chi connectivity index (χ3n) is 2.05. The van der Waals surface area contributed by atoms with Gasteiger partial charge >= 0.3 is 0 Å². The first kappa shape index (κ1) is 9.64. The summed E-state index contributed by atoms with van der Waals surface area (Å²) in [5.74, 6) is 0.597. The summed E-state index contributed by atoms with van der Waals surface area (Å²) in [7, 11) is 1.90. The summed E-state index contributed by atoms with van der Waals surface area (Å²) in [4.78, 5) is 8.20. The molecule has 0 aliphatic carbocycles. The van der Waals surface area contributed by atoms with Crippen LogP contribution in [0.15, 0.2) is 24.7 Å². The van der Waals surface area contributed by atoms with Crippen LogP contribution in [0.25, 0.3) is 0 Å². The summed E-state index contributed by atoms with van der Waals surface area (Å²) in [6, 6.07) is 1.79. The van der Waals surface area contributed by atoms with Crippen LogP contribution >= 0.6 is 0 Å². The highest BCUT2D eigenvalue weighted by atomic mass is 15.3. The van der Waals surface area contributed by atoms with Crippen molar-refractivity contribution < 1.29 is 0 Å². The standard InChI is InChI=1S/C10H13N5/c1-3-8-9(7-15(2)14-8)13-10-11-5-4-6-12-10/h4-7H,3H2,1-2H3,(H,11,12,13). The SMILES string of the molecule is CCc1nn(C)cc1Nc1ncccn1. The first-order valence-corrected chi connectivity index (χ1v) is 4.86. The lowest BCUT2D eigenvalue weighted by Crippen LogP contribution is -1.97. The van der Waals surface area contributed by atoms with E-state index in [4.69, 9.17) is 0 Å². The lowest BCUT2D eigenvalue weighted by Gasteiger charge is -2.01. The lowest BCUT2D eigenvalue weighted by atomic mass is 10.3. The molecule has 0 unspecified atom stereocenters. The Kier molecular flexibility index (Phi) is 2.62. The number of rotatable bonds is 3. The second-order valence-corrected chi connectivity index (χ2v) is 3.21. The number of hydrogen-bond acceptors (Lipinski definition) is 4. The topological polar surface area (TPSA) is 55.6 Å². The fourth-order valence-corrected chi connectivity index (χ4v) is 1.38. The van der Waals surface area contributed by atoms with Gasteiger partial charge in [0, 0.05) is 25.6 Å². The van der Waals surface area contributed by atoms with Crippen LogP contribution in [0.4, 0.5) is 11.6 Å². The molecule has 0 fully saturated rings. The number of aromatic nitrogens is 4. The lowest BCUT2D eigenvalue weighted by molar-refractivity contribution is 0.746. The summed E-state index contributed by atoms with van der Waals surface area (Å²) < 4.78 is 1.78. The van der Waals surface area contributed by atoms with Gasteiger partial charge in [0.25, 0.3) is 0 Å². The van der Waals surface area contributed by atoms with E-state index >= 15 is 0 Å². The molecule has 5 nitrogen and oxygen atoms in total. The van der Waals surface area contributed by atoms with E-state index in [0.29, 0.717) is 5.95 Å². The van der Waals surface area contributed by atoms with Gasteiger partial charge in [0.1, 0.15) is 0 Å².